The highest BCUT2D eigenvalue weighted by molar-refractivity contribution is 7.48. The Morgan fingerprint density at radius 3 is 2.71 bits per heavy atom. The molecule has 7 heteroatoms. The second-order valence-corrected chi connectivity index (χ2v) is 4.28. The zero-order valence-electron chi connectivity index (χ0n) is 7.91. The van der Waals surface area contributed by atoms with Crippen molar-refractivity contribution in [2.45, 2.75) is 31.1 Å². The molecule has 0 saturated carbocycles. The second-order valence-electron chi connectivity index (χ2n) is 3.35. The minimum atomic E-state index is -2.02. The fraction of sp³-hybridized carbons (Fsp3) is 0.714. The van der Waals surface area contributed by atoms with Crippen LogP contribution in [0, 0.1) is 0 Å². The summed E-state index contributed by atoms with van der Waals surface area (Å²) in [6.07, 6.45) is 2.30. The van der Waals surface area contributed by atoms with E-state index in [1.54, 1.807) is 6.08 Å². The molecular weight excluding hydrogens is 206 g/mol. The monoisotopic (exact) mass is 220 g/mol. The van der Waals surface area contributed by atoms with E-state index in [9.17, 15) is 0 Å². The Balaban J connectivity index is 2.45. The van der Waals surface area contributed by atoms with Crippen LogP contribution in [-0.4, -0.2) is 41.1 Å². The Morgan fingerprint density at radius 1 is 1.43 bits per heavy atom. The predicted molar refractivity (Wildman–Crippen MR) is 54.4 cm³/mol. The average molecular weight is 220 g/mol. The van der Waals surface area contributed by atoms with Crippen molar-refractivity contribution in [3.63, 3.8) is 0 Å². The van der Waals surface area contributed by atoms with Crippen LogP contribution in [-0.2, 0) is 9.62 Å². The van der Waals surface area contributed by atoms with E-state index in [-0.39, 0.29) is 18.2 Å². The molecule has 3 unspecified atom stereocenters. The first kappa shape index (κ1) is 12.1. The normalized spacial score (nSPS) is 34.1. The molecular formula is C7H14BO5P. The molecule has 0 aromatic heterocycles. The molecule has 0 amide bonds. The molecule has 80 valence electrons. The van der Waals surface area contributed by atoms with Crippen LogP contribution in [0.4, 0.5) is 0 Å². The molecule has 0 bridgehead atoms. The van der Waals surface area contributed by atoms with Crippen molar-refractivity contribution < 1.29 is 24.7 Å². The summed E-state index contributed by atoms with van der Waals surface area (Å²) in [6.45, 7) is 0. The van der Waals surface area contributed by atoms with Crippen LogP contribution in [0.15, 0.2) is 11.9 Å². The summed E-state index contributed by atoms with van der Waals surface area (Å²) in [5.74, 6) is 1.30. The Labute approximate surface area is 84.6 Å². The summed E-state index contributed by atoms with van der Waals surface area (Å²) in [5.41, 5.74) is 0. The van der Waals surface area contributed by atoms with Gasteiger partial charge in [-0.25, -0.2) is 4.89 Å². The molecule has 1 heterocycles. The molecule has 1 rings (SSSR count). The van der Waals surface area contributed by atoms with Gasteiger partial charge in [0.2, 0.25) is 0 Å². The van der Waals surface area contributed by atoms with E-state index in [4.69, 9.17) is 19.8 Å². The second kappa shape index (κ2) is 5.80. The van der Waals surface area contributed by atoms with Crippen molar-refractivity contribution in [1.29, 1.82) is 0 Å². The van der Waals surface area contributed by atoms with Gasteiger partial charge in [-0.2, -0.15) is 0 Å². The quantitative estimate of drug-likeness (QED) is 0.265. The summed E-state index contributed by atoms with van der Waals surface area (Å²) < 4.78 is 5.48. The van der Waals surface area contributed by atoms with Gasteiger partial charge in [0, 0.05) is 12.4 Å². The van der Waals surface area contributed by atoms with Crippen molar-refractivity contribution in [2.75, 3.05) is 0 Å². The first-order valence-electron chi connectivity index (χ1n) is 4.42. The lowest BCUT2D eigenvalue weighted by Crippen LogP contribution is -2.35. The van der Waals surface area contributed by atoms with Gasteiger partial charge in [-0.05, 0) is 12.2 Å². The maximum atomic E-state index is 8.67. The van der Waals surface area contributed by atoms with Crippen molar-refractivity contribution in [3.05, 3.63) is 11.9 Å². The molecule has 0 radical (unpaired) electrons. The molecule has 3 atom stereocenters. The maximum absolute atomic E-state index is 8.67. The first-order valence-corrected chi connectivity index (χ1v) is 5.74. The lowest BCUT2D eigenvalue weighted by atomic mass is 9.89. The number of ether oxygens (including phenoxy) is 1. The smallest absolute Gasteiger partial charge is 0.191 e. The summed E-state index contributed by atoms with van der Waals surface area (Å²) in [6, 6.07) is -0.000775. The van der Waals surface area contributed by atoms with Gasteiger partial charge < -0.3 is 14.5 Å². The van der Waals surface area contributed by atoms with Gasteiger partial charge >= 0.3 is 0 Å². The van der Waals surface area contributed by atoms with Gasteiger partial charge in [0.25, 0.3) is 0 Å². The van der Waals surface area contributed by atoms with Gasteiger partial charge in [0.15, 0.2) is 8.38 Å². The largest absolute Gasteiger partial charge is 0.380 e. The third-order valence-electron chi connectivity index (χ3n) is 2.08. The van der Waals surface area contributed by atoms with Crippen LogP contribution in [0.5, 0.6) is 0 Å². The van der Waals surface area contributed by atoms with Crippen molar-refractivity contribution >= 4 is 16.2 Å². The van der Waals surface area contributed by atoms with Gasteiger partial charge in [0.1, 0.15) is 7.85 Å². The van der Waals surface area contributed by atoms with Crippen LogP contribution < -0.4 is 0 Å². The molecule has 1 saturated heterocycles. The Hall–Kier alpha value is 0.0349. The lowest BCUT2D eigenvalue weighted by molar-refractivity contribution is -0.295. The van der Waals surface area contributed by atoms with E-state index in [0.29, 0.717) is 12.8 Å². The molecule has 14 heavy (non-hydrogen) atoms. The highest BCUT2D eigenvalue weighted by Gasteiger charge is 2.26. The standard InChI is InChI=1S/C7H14BO5P/c8-7-4-6(13-9)3-5(12-7)1-2-14(10)11/h1-2,5-7,9-11H,3-4,8H2/b2-1+. The number of rotatable bonds is 3. The van der Waals surface area contributed by atoms with Crippen molar-refractivity contribution in [1.82, 2.24) is 0 Å². The molecule has 0 aliphatic carbocycles. The fourth-order valence-electron chi connectivity index (χ4n) is 1.52. The first-order chi connectivity index (χ1) is 6.61. The fourth-order valence-corrected chi connectivity index (χ4v) is 1.86. The summed E-state index contributed by atoms with van der Waals surface area (Å²) in [4.78, 5) is 21.6. The predicted octanol–water partition coefficient (Wildman–Crippen LogP) is -0.207. The third-order valence-corrected chi connectivity index (χ3v) is 2.52. The highest BCUT2D eigenvalue weighted by atomic mass is 31.2. The van der Waals surface area contributed by atoms with E-state index < -0.39 is 8.38 Å². The molecule has 0 aromatic carbocycles. The molecule has 0 spiro atoms. The van der Waals surface area contributed by atoms with E-state index in [1.807, 2.05) is 7.85 Å². The Bertz CT molecular complexity index is 201. The van der Waals surface area contributed by atoms with Crippen LogP contribution >= 0.6 is 8.38 Å². The molecule has 5 nitrogen and oxygen atoms in total. The van der Waals surface area contributed by atoms with E-state index in [0.717, 1.165) is 0 Å². The zero-order chi connectivity index (χ0) is 10.6. The molecule has 1 fully saturated rings. The van der Waals surface area contributed by atoms with Crippen LogP contribution in [0.2, 0.25) is 0 Å². The van der Waals surface area contributed by atoms with Gasteiger partial charge in [-0.15, -0.1) is 0 Å². The van der Waals surface area contributed by atoms with Crippen molar-refractivity contribution in [2.24, 2.45) is 0 Å². The lowest BCUT2D eigenvalue weighted by Gasteiger charge is -2.30. The summed E-state index contributed by atoms with van der Waals surface area (Å²) in [5, 5.41) is 8.53. The van der Waals surface area contributed by atoms with Crippen LogP contribution in [0.25, 0.3) is 0 Å². The van der Waals surface area contributed by atoms with Crippen LogP contribution in [0.3, 0.4) is 0 Å². The molecule has 3 N–H and O–H groups in total. The number of hydrogen-bond donors (Lipinski definition) is 3. The minimum absolute atomic E-state index is 0.000775. The van der Waals surface area contributed by atoms with Gasteiger partial charge in [-0.3, -0.25) is 5.26 Å². The average Bonchev–Trinajstić information content (AvgIpc) is 2.14. The van der Waals surface area contributed by atoms with Crippen molar-refractivity contribution in [3.8, 4) is 0 Å². The van der Waals surface area contributed by atoms with Gasteiger partial charge in [-0.1, -0.05) is 6.08 Å². The Morgan fingerprint density at radius 2 is 2.14 bits per heavy atom. The Kier molecular flexibility index (Phi) is 5.02. The van der Waals surface area contributed by atoms with Crippen LogP contribution in [0.1, 0.15) is 12.8 Å². The summed E-state index contributed by atoms with van der Waals surface area (Å²) in [7, 11) is -0.140. The maximum Gasteiger partial charge on any atom is 0.191 e. The minimum Gasteiger partial charge on any atom is -0.380 e. The topological polar surface area (TPSA) is 79.2 Å². The zero-order valence-corrected chi connectivity index (χ0v) is 8.80. The summed E-state index contributed by atoms with van der Waals surface area (Å²) >= 11 is 0. The van der Waals surface area contributed by atoms with E-state index in [1.165, 1.54) is 5.82 Å². The van der Waals surface area contributed by atoms with E-state index >= 15 is 0 Å². The SMILES string of the molecule is BC1CC(OO)CC(/C=C/P(O)O)O1. The molecule has 1 aliphatic heterocycles. The van der Waals surface area contributed by atoms with E-state index in [2.05, 4.69) is 4.89 Å². The number of hydrogen-bond acceptors (Lipinski definition) is 5. The third kappa shape index (κ3) is 4.04. The highest BCUT2D eigenvalue weighted by Crippen LogP contribution is 2.27. The van der Waals surface area contributed by atoms with Gasteiger partial charge in [0.05, 0.1) is 12.2 Å². The molecule has 0 aromatic rings. The molecule has 1 aliphatic rings.